The number of nitrogens with one attached hydrogen (secondary N) is 1. The Morgan fingerprint density at radius 2 is 1.71 bits per heavy atom. The fourth-order valence-electron chi connectivity index (χ4n) is 3.89. The van der Waals surface area contributed by atoms with E-state index in [1.807, 2.05) is 23.8 Å². The smallest absolute Gasteiger partial charge is 0.265 e. The van der Waals surface area contributed by atoms with Gasteiger partial charge in [0, 0.05) is 28.9 Å². The number of methoxy groups -OCH3 is 1. The second kappa shape index (κ2) is 11.5. The molecule has 0 bridgehead atoms. The van der Waals surface area contributed by atoms with Crippen LogP contribution >= 0.6 is 11.6 Å². The number of carbonyl (C=O) groups excluding carboxylic acids is 2. The molecule has 38 heavy (non-hydrogen) atoms. The van der Waals surface area contributed by atoms with Gasteiger partial charge in [-0.2, -0.15) is 0 Å². The lowest BCUT2D eigenvalue weighted by Gasteiger charge is -2.10. The van der Waals surface area contributed by atoms with Gasteiger partial charge in [-0.05, 0) is 72.6 Å². The minimum Gasteiger partial charge on any atom is -0.497 e. The number of sulfonamides is 1. The third-order valence-electron chi connectivity index (χ3n) is 5.76. The van der Waals surface area contributed by atoms with Crippen LogP contribution in [0.4, 0.5) is 0 Å². The van der Waals surface area contributed by atoms with Crippen molar-refractivity contribution >= 4 is 39.4 Å². The van der Waals surface area contributed by atoms with E-state index in [-0.39, 0.29) is 21.3 Å². The van der Waals surface area contributed by atoms with Gasteiger partial charge in [0.2, 0.25) is 5.78 Å². The van der Waals surface area contributed by atoms with Crippen LogP contribution in [-0.4, -0.2) is 31.8 Å². The number of rotatable bonds is 9. The van der Waals surface area contributed by atoms with Gasteiger partial charge in [0.05, 0.1) is 17.7 Å². The number of aromatic nitrogens is 1. The molecule has 0 aliphatic carbocycles. The number of benzene rings is 3. The van der Waals surface area contributed by atoms with E-state index in [1.54, 1.807) is 73.9 Å². The molecule has 7 nitrogen and oxygen atoms in total. The summed E-state index contributed by atoms with van der Waals surface area (Å²) < 4.78 is 34.4. The minimum absolute atomic E-state index is 0.0236. The molecule has 1 amide bonds. The van der Waals surface area contributed by atoms with Crippen molar-refractivity contribution < 1.29 is 22.7 Å². The van der Waals surface area contributed by atoms with Gasteiger partial charge in [-0.1, -0.05) is 48.0 Å². The van der Waals surface area contributed by atoms with Crippen molar-refractivity contribution in [1.82, 2.24) is 9.29 Å². The number of halogens is 1. The predicted molar refractivity (Wildman–Crippen MR) is 147 cm³/mol. The molecule has 194 valence electrons. The predicted octanol–water partition coefficient (Wildman–Crippen LogP) is 5.52. The van der Waals surface area contributed by atoms with Crippen LogP contribution in [0.3, 0.4) is 0 Å². The largest absolute Gasteiger partial charge is 0.497 e. The first-order valence-corrected chi connectivity index (χ1v) is 13.5. The van der Waals surface area contributed by atoms with E-state index in [2.05, 4.69) is 4.72 Å². The number of carbonyl (C=O) groups is 2. The highest BCUT2D eigenvalue weighted by Gasteiger charge is 2.20. The summed E-state index contributed by atoms with van der Waals surface area (Å²) in [6.07, 6.45) is 5.34. The molecule has 3 aromatic carbocycles. The molecule has 1 N–H and O–H groups in total. The standard InChI is InChI=1S/C29H25ClN2O5S/c1-20-17-27(28(33)22-11-14-24(37-2)15-12-22)32(19-20)16-6-7-21-10-13-23(30)18-26(21)29(34)31-38(35,36)25-8-4-3-5-9-25/h3-15,17-19H,16H2,1-2H3,(H,31,34)/b7-6+. The molecule has 0 unspecified atom stereocenters. The summed E-state index contributed by atoms with van der Waals surface area (Å²) in [5.74, 6) is -0.273. The first kappa shape index (κ1) is 26.9. The summed E-state index contributed by atoms with van der Waals surface area (Å²) in [5.41, 5.74) is 2.55. The topological polar surface area (TPSA) is 94.5 Å². The molecule has 0 aliphatic rings. The molecule has 9 heteroatoms. The van der Waals surface area contributed by atoms with Crippen LogP contribution in [0.15, 0.2) is 96.0 Å². The quantitative estimate of drug-likeness (QED) is 0.278. The van der Waals surface area contributed by atoms with E-state index in [9.17, 15) is 18.0 Å². The number of hydrogen-bond donors (Lipinski definition) is 1. The Morgan fingerprint density at radius 3 is 2.39 bits per heavy atom. The zero-order valence-corrected chi connectivity index (χ0v) is 22.3. The first-order valence-electron chi connectivity index (χ1n) is 11.6. The molecule has 0 atom stereocenters. The van der Waals surface area contributed by atoms with Crippen molar-refractivity contribution in [1.29, 1.82) is 0 Å². The average molecular weight is 549 g/mol. The summed E-state index contributed by atoms with van der Waals surface area (Å²) in [5, 5.41) is 0.290. The maximum atomic E-state index is 13.1. The third kappa shape index (κ3) is 6.22. The molecule has 4 aromatic rings. The van der Waals surface area contributed by atoms with Gasteiger partial charge in [0.25, 0.3) is 15.9 Å². The lowest BCUT2D eigenvalue weighted by Crippen LogP contribution is -2.31. The maximum absolute atomic E-state index is 13.1. The van der Waals surface area contributed by atoms with Gasteiger partial charge in [-0.25, -0.2) is 13.1 Å². The Kier molecular flexibility index (Phi) is 8.14. The number of nitrogens with zero attached hydrogens (tertiary/aromatic N) is 1. The third-order valence-corrected chi connectivity index (χ3v) is 7.34. The van der Waals surface area contributed by atoms with Gasteiger partial charge in [-0.3, -0.25) is 9.59 Å². The van der Waals surface area contributed by atoms with Crippen molar-refractivity contribution in [2.24, 2.45) is 0 Å². The Labute approximate surface area is 226 Å². The van der Waals surface area contributed by atoms with E-state index in [0.29, 0.717) is 29.1 Å². The van der Waals surface area contributed by atoms with E-state index in [1.165, 1.54) is 18.2 Å². The lowest BCUT2D eigenvalue weighted by atomic mass is 10.1. The number of hydrogen-bond acceptors (Lipinski definition) is 5. The average Bonchev–Trinajstić information content (AvgIpc) is 3.29. The minimum atomic E-state index is -4.06. The van der Waals surface area contributed by atoms with Gasteiger partial charge in [0.1, 0.15) is 5.75 Å². The summed E-state index contributed by atoms with van der Waals surface area (Å²) >= 11 is 6.11. The Bertz CT molecular complexity index is 1610. The molecular formula is C29H25ClN2O5S. The molecule has 0 saturated heterocycles. The van der Waals surface area contributed by atoms with E-state index < -0.39 is 15.9 Å². The summed E-state index contributed by atoms with van der Waals surface area (Å²) in [7, 11) is -2.50. The highest BCUT2D eigenvalue weighted by atomic mass is 35.5. The molecule has 0 radical (unpaired) electrons. The SMILES string of the molecule is COc1ccc(C(=O)c2cc(C)cn2C/C=C/c2ccc(Cl)cc2C(=O)NS(=O)(=O)c2ccccc2)cc1. The number of aryl methyl sites for hydroxylation is 1. The van der Waals surface area contributed by atoms with Crippen molar-refractivity contribution in [3.05, 3.63) is 124 Å². The van der Waals surface area contributed by atoms with Crippen molar-refractivity contribution in [3.63, 3.8) is 0 Å². The number of amides is 1. The van der Waals surface area contributed by atoms with Crippen LogP contribution in [0.25, 0.3) is 6.08 Å². The molecule has 0 spiro atoms. The Morgan fingerprint density at radius 1 is 1.00 bits per heavy atom. The molecule has 0 aliphatic heterocycles. The highest BCUT2D eigenvalue weighted by molar-refractivity contribution is 7.90. The van der Waals surface area contributed by atoms with E-state index >= 15 is 0 Å². The van der Waals surface area contributed by atoms with Gasteiger partial charge in [0.15, 0.2) is 0 Å². The highest BCUT2D eigenvalue weighted by Crippen LogP contribution is 2.20. The zero-order valence-electron chi connectivity index (χ0n) is 20.7. The number of allylic oxidation sites excluding steroid dienone is 1. The number of ketones is 1. The van der Waals surface area contributed by atoms with Crippen LogP contribution in [0.2, 0.25) is 5.02 Å². The first-order chi connectivity index (χ1) is 18.2. The summed E-state index contributed by atoms with van der Waals surface area (Å²) in [6, 6.07) is 21.0. The molecular weight excluding hydrogens is 524 g/mol. The van der Waals surface area contributed by atoms with Gasteiger partial charge in [-0.15, -0.1) is 0 Å². The number of ether oxygens (including phenoxy) is 1. The van der Waals surface area contributed by atoms with Gasteiger partial charge < -0.3 is 9.30 Å². The normalized spacial score (nSPS) is 11.4. The molecule has 1 heterocycles. The molecule has 0 saturated carbocycles. The summed E-state index contributed by atoms with van der Waals surface area (Å²) in [4.78, 5) is 26.1. The van der Waals surface area contributed by atoms with Crippen LogP contribution < -0.4 is 9.46 Å². The Hall–Kier alpha value is -4.14. The second-order valence-electron chi connectivity index (χ2n) is 8.49. The van der Waals surface area contributed by atoms with Crippen molar-refractivity contribution in [2.45, 2.75) is 18.4 Å². The van der Waals surface area contributed by atoms with Crippen molar-refractivity contribution in [2.75, 3.05) is 7.11 Å². The zero-order chi connectivity index (χ0) is 27.3. The molecule has 0 fully saturated rings. The second-order valence-corrected chi connectivity index (χ2v) is 10.6. The summed E-state index contributed by atoms with van der Waals surface area (Å²) in [6.45, 7) is 2.25. The van der Waals surface area contributed by atoms with E-state index in [4.69, 9.17) is 16.3 Å². The maximum Gasteiger partial charge on any atom is 0.265 e. The van der Waals surface area contributed by atoms with Crippen LogP contribution in [0, 0.1) is 6.92 Å². The Balaban J connectivity index is 1.55. The van der Waals surface area contributed by atoms with Crippen LogP contribution in [0.5, 0.6) is 5.75 Å². The van der Waals surface area contributed by atoms with Gasteiger partial charge >= 0.3 is 0 Å². The van der Waals surface area contributed by atoms with Crippen LogP contribution in [0.1, 0.15) is 37.5 Å². The van der Waals surface area contributed by atoms with Crippen molar-refractivity contribution in [3.8, 4) is 5.75 Å². The van der Waals surface area contributed by atoms with E-state index in [0.717, 1.165) is 5.56 Å². The lowest BCUT2D eigenvalue weighted by molar-refractivity contribution is 0.0979. The fraction of sp³-hybridized carbons (Fsp3) is 0.103. The van der Waals surface area contributed by atoms with Crippen LogP contribution in [-0.2, 0) is 16.6 Å². The monoisotopic (exact) mass is 548 g/mol. The fourth-order valence-corrected chi connectivity index (χ4v) is 5.05. The molecule has 4 rings (SSSR count). The molecule has 1 aromatic heterocycles.